The van der Waals surface area contributed by atoms with E-state index in [1.165, 1.54) is 18.2 Å². The Kier molecular flexibility index (Phi) is 12.3. The molecule has 11 heteroatoms. The molecule has 3 aromatic carbocycles. The molecule has 0 nitrogen and oxygen atoms in total. The summed E-state index contributed by atoms with van der Waals surface area (Å²) >= 11 is 18.5. The van der Waals surface area contributed by atoms with E-state index < -0.39 is 11.7 Å². The van der Waals surface area contributed by atoms with Gasteiger partial charge in [0.25, 0.3) is 0 Å². The minimum absolute atomic E-state index is 0.238. The smallest absolute Gasteiger partial charge is 0.207 e. The molecular formula is C19H9Br6F5. The third-order valence-electron chi connectivity index (χ3n) is 2.90. The van der Waals surface area contributed by atoms with Crippen LogP contribution in [0.2, 0.25) is 0 Å². The van der Waals surface area contributed by atoms with Crippen molar-refractivity contribution in [1.29, 1.82) is 0 Å². The van der Waals surface area contributed by atoms with Crippen LogP contribution >= 0.6 is 95.6 Å². The lowest BCUT2D eigenvalue weighted by atomic mass is 10.2. The number of hydrogen-bond donors (Lipinski definition) is 0. The van der Waals surface area contributed by atoms with Crippen LogP contribution in [0, 0.1) is 11.6 Å². The van der Waals surface area contributed by atoms with Crippen LogP contribution in [0.15, 0.2) is 81.4 Å². The molecule has 0 atom stereocenters. The van der Waals surface area contributed by atoms with E-state index in [0.29, 0.717) is 13.4 Å². The molecule has 0 bridgehead atoms. The van der Waals surface area contributed by atoms with Gasteiger partial charge in [0.05, 0.1) is 10.0 Å². The van der Waals surface area contributed by atoms with Gasteiger partial charge in [0, 0.05) is 22.4 Å². The van der Waals surface area contributed by atoms with Crippen molar-refractivity contribution in [2.75, 3.05) is 0 Å². The third kappa shape index (κ3) is 11.2. The van der Waals surface area contributed by atoms with Gasteiger partial charge >= 0.3 is 6.18 Å². The van der Waals surface area contributed by atoms with E-state index in [2.05, 4.69) is 95.6 Å². The second kappa shape index (κ2) is 13.0. The van der Waals surface area contributed by atoms with Crippen LogP contribution in [-0.2, 0) is 6.18 Å². The van der Waals surface area contributed by atoms with Gasteiger partial charge in [-0.15, -0.1) is 0 Å². The minimum Gasteiger partial charge on any atom is -0.207 e. The summed E-state index contributed by atoms with van der Waals surface area (Å²) in [6.45, 7) is 0. The highest BCUT2D eigenvalue weighted by Gasteiger charge is 2.30. The molecule has 0 aliphatic carbocycles. The van der Waals surface area contributed by atoms with E-state index in [9.17, 15) is 22.0 Å². The SMILES string of the molecule is FC(F)(F)c1cc(Br)cc(Br)c1.Fc1cc(Br)cc(Br)c1.Fc1ccc(Br)cc1Br. The average Bonchev–Trinajstić information content (AvgIpc) is 2.57. The molecule has 0 spiro atoms. The largest absolute Gasteiger partial charge is 0.416 e. The van der Waals surface area contributed by atoms with Gasteiger partial charge in [-0.3, -0.25) is 0 Å². The highest BCUT2D eigenvalue weighted by atomic mass is 79.9. The molecule has 0 amide bonds. The fourth-order valence-electron chi connectivity index (χ4n) is 1.71. The lowest BCUT2D eigenvalue weighted by Gasteiger charge is -2.06. The van der Waals surface area contributed by atoms with Crippen molar-refractivity contribution in [1.82, 2.24) is 0 Å². The van der Waals surface area contributed by atoms with Crippen LogP contribution in [0.25, 0.3) is 0 Å². The van der Waals surface area contributed by atoms with Gasteiger partial charge in [-0.1, -0.05) is 79.6 Å². The molecule has 162 valence electrons. The maximum atomic E-state index is 12.4. The van der Waals surface area contributed by atoms with Gasteiger partial charge in [-0.25, -0.2) is 8.78 Å². The zero-order valence-corrected chi connectivity index (χ0v) is 23.9. The van der Waals surface area contributed by atoms with Crippen molar-refractivity contribution >= 4 is 95.6 Å². The second-order valence-electron chi connectivity index (χ2n) is 5.30. The van der Waals surface area contributed by atoms with Crippen LogP contribution in [0.3, 0.4) is 0 Å². The van der Waals surface area contributed by atoms with E-state index in [4.69, 9.17) is 0 Å². The van der Waals surface area contributed by atoms with Gasteiger partial charge in [0.2, 0.25) is 0 Å². The molecule has 3 aromatic rings. The van der Waals surface area contributed by atoms with E-state index in [0.717, 1.165) is 25.6 Å². The first kappa shape index (κ1) is 28.2. The Bertz CT molecular complexity index is 921. The Hall–Kier alpha value is 0.190. The van der Waals surface area contributed by atoms with Gasteiger partial charge in [-0.2, -0.15) is 13.2 Å². The molecule has 0 saturated carbocycles. The Morgan fingerprint density at radius 2 is 0.967 bits per heavy atom. The van der Waals surface area contributed by atoms with Crippen LogP contribution in [0.4, 0.5) is 22.0 Å². The number of rotatable bonds is 0. The molecule has 0 heterocycles. The molecule has 30 heavy (non-hydrogen) atoms. The first-order valence-electron chi connectivity index (χ1n) is 7.53. The molecule has 0 N–H and O–H groups in total. The predicted molar refractivity (Wildman–Crippen MR) is 130 cm³/mol. The number of halogens is 11. The standard InChI is InChI=1S/C7H3Br2F3.2C6H3Br2F/c8-5-1-4(7(10,11)12)2-6(9)3-5;7-4-1-5(8)3-6(9)2-4;7-4-1-2-6(9)5(8)3-4/h1-3H;2*1-3H. The zero-order chi connectivity index (χ0) is 23.1. The first-order valence-corrected chi connectivity index (χ1v) is 12.3. The normalized spacial score (nSPS) is 10.5. The summed E-state index contributed by atoms with van der Waals surface area (Å²) in [6, 6.07) is 12.9. The molecule has 0 aliphatic heterocycles. The molecule has 0 radical (unpaired) electrons. The number of benzene rings is 3. The van der Waals surface area contributed by atoms with Gasteiger partial charge in [-0.05, 0) is 70.5 Å². The van der Waals surface area contributed by atoms with Crippen molar-refractivity contribution in [3.05, 3.63) is 98.6 Å². The maximum absolute atomic E-state index is 12.4. The van der Waals surface area contributed by atoms with Crippen LogP contribution in [-0.4, -0.2) is 0 Å². The van der Waals surface area contributed by atoms with Crippen LogP contribution < -0.4 is 0 Å². The third-order valence-corrected chi connectivity index (χ3v) is 5.83. The summed E-state index contributed by atoms with van der Waals surface area (Å²) in [4.78, 5) is 0. The first-order chi connectivity index (χ1) is 13.8. The summed E-state index contributed by atoms with van der Waals surface area (Å²) in [6.07, 6.45) is -4.29. The summed E-state index contributed by atoms with van der Waals surface area (Å²) in [5, 5.41) is 0. The zero-order valence-electron chi connectivity index (χ0n) is 14.4. The average molecular weight is 812 g/mol. The molecule has 0 unspecified atom stereocenters. The Balaban J connectivity index is 0.000000229. The molecule has 0 aliphatic rings. The van der Waals surface area contributed by atoms with E-state index in [-0.39, 0.29) is 11.6 Å². The highest BCUT2D eigenvalue weighted by Crippen LogP contribution is 2.33. The molecule has 0 fully saturated rings. The molecular weight excluding hydrogens is 803 g/mol. The quantitative estimate of drug-likeness (QED) is 0.157. The number of hydrogen-bond acceptors (Lipinski definition) is 0. The highest BCUT2D eigenvalue weighted by molar-refractivity contribution is 9.11. The van der Waals surface area contributed by atoms with Crippen LogP contribution in [0.5, 0.6) is 0 Å². The Labute approximate surface area is 220 Å². The van der Waals surface area contributed by atoms with Gasteiger partial charge < -0.3 is 0 Å². The van der Waals surface area contributed by atoms with Gasteiger partial charge in [0.1, 0.15) is 11.6 Å². The number of alkyl halides is 3. The summed E-state index contributed by atoms with van der Waals surface area (Å²) in [7, 11) is 0. The van der Waals surface area contributed by atoms with E-state index in [1.54, 1.807) is 24.3 Å². The van der Waals surface area contributed by atoms with Gasteiger partial charge in [0.15, 0.2) is 0 Å². The molecule has 3 rings (SSSR count). The monoisotopic (exact) mass is 806 g/mol. The Morgan fingerprint density at radius 3 is 1.30 bits per heavy atom. The van der Waals surface area contributed by atoms with E-state index in [1.807, 2.05) is 0 Å². The minimum atomic E-state index is -4.29. The fourth-order valence-corrected chi connectivity index (χ4v) is 5.29. The lowest BCUT2D eigenvalue weighted by Crippen LogP contribution is -2.04. The van der Waals surface area contributed by atoms with Crippen LogP contribution in [0.1, 0.15) is 5.56 Å². The summed E-state index contributed by atoms with van der Waals surface area (Å²) in [5.41, 5.74) is -0.663. The predicted octanol–water partition coefficient (Wildman–Crippen LogP) is 10.9. The summed E-state index contributed by atoms with van der Waals surface area (Å²) < 4.78 is 64.8. The second-order valence-corrected chi connectivity index (χ2v) is 10.7. The van der Waals surface area contributed by atoms with E-state index >= 15 is 0 Å². The molecule has 0 saturated heterocycles. The van der Waals surface area contributed by atoms with Crippen molar-refractivity contribution in [3.63, 3.8) is 0 Å². The molecule has 0 aromatic heterocycles. The Morgan fingerprint density at radius 1 is 0.533 bits per heavy atom. The fraction of sp³-hybridized carbons (Fsp3) is 0.0526. The van der Waals surface area contributed by atoms with Crippen molar-refractivity contribution < 1.29 is 22.0 Å². The van der Waals surface area contributed by atoms with Crippen molar-refractivity contribution in [2.45, 2.75) is 6.18 Å². The summed E-state index contributed by atoms with van der Waals surface area (Å²) in [5.74, 6) is -0.477. The van der Waals surface area contributed by atoms with Crippen molar-refractivity contribution in [2.24, 2.45) is 0 Å². The van der Waals surface area contributed by atoms with Crippen molar-refractivity contribution in [3.8, 4) is 0 Å². The topological polar surface area (TPSA) is 0 Å². The lowest BCUT2D eigenvalue weighted by molar-refractivity contribution is -0.137. The maximum Gasteiger partial charge on any atom is 0.416 e.